The van der Waals surface area contributed by atoms with E-state index in [9.17, 15) is 10.1 Å². The number of likely N-dealkylation sites (tertiary alicyclic amines) is 1. The molecule has 1 saturated heterocycles. The minimum atomic E-state index is -0.551. The number of aromatic nitrogens is 3. The van der Waals surface area contributed by atoms with E-state index < -0.39 is 5.60 Å². The zero-order valence-electron chi connectivity index (χ0n) is 21.2. The highest BCUT2D eigenvalue weighted by Crippen LogP contribution is 2.41. The van der Waals surface area contributed by atoms with Crippen molar-refractivity contribution >= 4 is 17.1 Å². The summed E-state index contributed by atoms with van der Waals surface area (Å²) in [5.74, 6) is 0.600. The Morgan fingerprint density at radius 2 is 2.08 bits per heavy atom. The standard InChI is InChI=1S/C29H29N5O3/c1-29(2,3)37-28(35)34-14-6-9-21(34)18-36-24-17-31-13-11-22(24)26-25(20-8-4-7-19(15-20)16-30)27-23(33-26)10-5-12-32-27/h4-5,7-8,10-13,15,17,21,33H,6,9,14,18H2,1-3H3/t21-/m0/s1. The lowest BCUT2D eigenvalue weighted by molar-refractivity contribution is 0.0187. The van der Waals surface area contributed by atoms with Crippen LogP contribution in [0.3, 0.4) is 0 Å². The number of H-pyrrole nitrogens is 1. The molecule has 0 unspecified atom stereocenters. The molecule has 4 aromatic rings. The van der Waals surface area contributed by atoms with Crippen molar-refractivity contribution in [3.05, 3.63) is 66.6 Å². The van der Waals surface area contributed by atoms with Crippen LogP contribution in [-0.2, 0) is 4.74 Å². The van der Waals surface area contributed by atoms with E-state index in [0.717, 1.165) is 46.3 Å². The lowest BCUT2D eigenvalue weighted by atomic mass is 9.99. The SMILES string of the molecule is CC(C)(C)OC(=O)N1CCC[C@H]1COc1cnccc1-c1[nH]c2cccnc2c1-c1cccc(C#N)c1. The predicted octanol–water partition coefficient (Wildman–Crippen LogP) is 5.94. The van der Waals surface area contributed by atoms with Crippen LogP contribution in [0.5, 0.6) is 5.75 Å². The van der Waals surface area contributed by atoms with Crippen molar-refractivity contribution in [3.63, 3.8) is 0 Å². The van der Waals surface area contributed by atoms with Crippen LogP contribution in [0, 0.1) is 11.3 Å². The number of carbonyl (C=O) groups is 1. The number of nitrogens with zero attached hydrogens (tertiary/aromatic N) is 4. The second-order valence-corrected chi connectivity index (χ2v) is 10.1. The first-order chi connectivity index (χ1) is 17.8. The molecular weight excluding hydrogens is 466 g/mol. The van der Waals surface area contributed by atoms with Crippen LogP contribution in [0.2, 0.25) is 0 Å². The Labute approximate surface area is 215 Å². The van der Waals surface area contributed by atoms with Gasteiger partial charge in [0.2, 0.25) is 0 Å². The van der Waals surface area contributed by atoms with Crippen LogP contribution in [0.1, 0.15) is 39.2 Å². The van der Waals surface area contributed by atoms with Gasteiger partial charge in [-0.25, -0.2) is 4.79 Å². The summed E-state index contributed by atoms with van der Waals surface area (Å²) in [6.45, 7) is 6.58. The van der Waals surface area contributed by atoms with Crippen molar-refractivity contribution in [3.8, 4) is 34.2 Å². The molecule has 188 valence electrons. The van der Waals surface area contributed by atoms with Crippen molar-refractivity contribution in [1.29, 1.82) is 5.26 Å². The van der Waals surface area contributed by atoms with Crippen LogP contribution in [0.25, 0.3) is 33.4 Å². The fourth-order valence-electron chi connectivity index (χ4n) is 4.71. The molecule has 37 heavy (non-hydrogen) atoms. The van der Waals surface area contributed by atoms with Crippen molar-refractivity contribution in [2.75, 3.05) is 13.2 Å². The molecule has 0 aliphatic carbocycles. The van der Waals surface area contributed by atoms with E-state index in [2.05, 4.69) is 21.0 Å². The highest BCUT2D eigenvalue weighted by Gasteiger charge is 2.33. The smallest absolute Gasteiger partial charge is 0.410 e. The molecule has 1 aliphatic rings. The van der Waals surface area contributed by atoms with Gasteiger partial charge in [-0.3, -0.25) is 9.97 Å². The van der Waals surface area contributed by atoms with Crippen LogP contribution < -0.4 is 4.74 Å². The molecule has 4 heterocycles. The third-order valence-corrected chi connectivity index (χ3v) is 6.32. The summed E-state index contributed by atoms with van der Waals surface area (Å²) >= 11 is 0. The number of benzene rings is 1. The minimum absolute atomic E-state index is 0.0842. The predicted molar refractivity (Wildman–Crippen MR) is 141 cm³/mol. The number of nitrogens with one attached hydrogen (secondary N) is 1. The molecule has 1 amide bonds. The van der Waals surface area contributed by atoms with E-state index in [1.807, 2.05) is 57.2 Å². The van der Waals surface area contributed by atoms with Gasteiger partial charge in [-0.05, 0) is 69.5 Å². The molecule has 0 spiro atoms. The van der Waals surface area contributed by atoms with Gasteiger partial charge in [0.05, 0.1) is 40.6 Å². The quantitative estimate of drug-likeness (QED) is 0.367. The van der Waals surface area contributed by atoms with Crippen molar-refractivity contribution in [2.24, 2.45) is 0 Å². The minimum Gasteiger partial charge on any atom is -0.489 e. The van der Waals surface area contributed by atoms with Gasteiger partial charge < -0.3 is 19.4 Å². The summed E-state index contributed by atoms with van der Waals surface area (Å²) in [5.41, 5.74) is 5.14. The average Bonchev–Trinajstić information content (AvgIpc) is 3.51. The van der Waals surface area contributed by atoms with Crippen LogP contribution in [-0.4, -0.2) is 50.7 Å². The number of ether oxygens (including phenoxy) is 2. The number of fused-ring (bicyclic) bond motifs is 1. The molecule has 3 aromatic heterocycles. The fraction of sp³-hybridized carbons (Fsp3) is 0.310. The molecule has 0 saturated carbocycles. The molecule has 1 aromatic carbocycles. The lowest BCUT2D eigenvalue weighted by Crippen LogP contribution is -2.42. The van der Waals surface area contributed by atoms with E-state index in [-0.39, 0.29) is 12.1 Å². The van der Waals surface area contributed by atoms with Gasteiger partial charge in [-0.15, -0.1) is 0 Å². The Morgan fingerprint density at radius 1 is 1.22 bits per heavy atom. The highest BCUT2D eigenvalue weighted by molar-refractivity contribution is 6.02. The van der Waals surface area contributed by atoms with Crippen molar-refractivity contribution in [1.82, 2.24) is 19.9 Å². The summed E-state index contributed by atoms with van der Waals surface area (Å²) in [6, 6.07) is 15.4. The maximum absolute atomic E-state index is 12.7. The number of rotatable bonds is 5. The van der Waals surface area contributed by atoms with E-state index in [1.165, 1.54) is 0 Å². The lowest BCUT2D eigenvalue weighted by Gasteiger charge is -2.28. The summed E-state index contributed by atoms with van der Waals surface area (Å²) in [4.78, 5) is 26.9. The van der Waals surface area contributed by atoms with Crippen LogP contribution in [0.15, 0.2) is 61.1 Å². The first kappa shape index (κ1) is 24.3. The number of pyridine rings is 2. The molecule has 1 atom stereocenters. The third kappa shape index (κ3) is 5.12. The second kappa shape index (κ2) is 9.94. The van der Waals surface area contributed by atoms with Gasteiger partial charge in [0.1, 0.15) is 18.0 Å². The molecule has 0 bridgehead atoms. The molecule has 8 heteroatoms. The van der Waals surface area contributed by atoms with Gasteiger partial charge >= 0.3 is 6.09 Å². The van der Waals surface area contributed by atoms with E-state index in [4.69, 9.17) is 9.47 Å². The summed E-state index contributed by atoms with van der Waals surface area (Å²) in [6.07, 6.45) is 6.60. The number of carbonyl (C=O) groups excluding carboxylic acids is 1. The Morgan fingerprint density at radius 3 is 2.89 bits per heavy atom. The van der Waals surface area contributed by atoms with Gasteiger partial charge in [0, 0.05) is 30.1 Å². The third-order valence-electron chi connectivity index (χ3n) is 6.32. The summed E-state index contributed by atoms with van der Waals surface area (Å²) in [7, 11) is 0. The molecule has 5 rings (SSSR count). The zero-order chi connectivity index (χ0) is 26.0. The van der Waals surface area contributed by atoms with Gasteiger partial charge in [-0.2, -0.15) is 5.26 Å². The molecule has 8 nitrogen and oxygen atoms in total. The topological polar surface area (TPSA) is 104 Å². The fourth-order valence-corrected chi connectivity index (χ4v) is 4.71. The largest absolute Gasteiger partial charge is 0.489 e. The Hall–Kier alpha value is -4.38. The number of hydrogen-bond donors (Lipinski definition) is 1. The number of hydrogen-bond acceptors (Lipinski definition) is 6. The van der Waals surface area contributed by atoms with Gasteiger partial charge in [0.25, 0.3) is 0 Å². The van der Waals surface area contributed by atoms with Crippen molar-refractivity contribution < 1.29 is 14.3 Å². The molecule has 0 radical (unpaired) electrons. The molecule has 1 aliphatic heterocycles. The van der Waals surface area contributed by atoms with E-state index >= 15 is 0 Å². The maximum atomic E-state index is 12.7. The van der Waals surface area contributed by atoms with Gasteiger partial charge in [-0.1, -0.05) is 12.1 Å². The summed E-state index contributed by atoms with van der Waals surface area (Å²) < 4.78 is 11.9. The highest BCUT2D eigenvalue weighted by atomic mass is 16.6. The maximum Gasteiger partial charge on any atom is 0.410 e. The number of aromatic amines is 1. The monoisotopic (exact) mass is 495 g/mol. The molecule has 1 N–H and O–H groups in total. The van der Waals surface area contributed by atoms with Crippen LogP contribution in [0.4, 0.5) is 4.79 Å². The van der Waals surface area contributed by atoms with Gasteiger partial charge in [0.15, 0.2) is 0 Å². The number of nitriles is 1. The molecule has 1 fully saturated rings. The normalized spacial score (nSPS) is 15.5. The van der Waals surface area contributed by atoms with Crippen molar-refractivity contribution in [2.45, 2.75) is 45.3 Å². The molecular formula is C29H29N5O3. The Bertz CT molecular complexity index is 1480. The van der Waals surface area contributed by atoms with E-state index in [1.54, 1.807) is 29.6 Å². The summed E-state index contributed by atoms with van der Waals surface area (Å²) in [5, 5.41) is 9.46. The Balaban J connectivity index is 1.48. The van der Waals surface area contributed by atoms with Crippen LogP contribution >= 0.6 is 0 Å². The number of amides is 1. The second-order valence-electron chi connectivity index (χ2n) is 10.1. The zero-order valence-corrected chi connectivity index (χ0v) is 21.2. The Kier molecular flexibility index (Phi) is 6.53. The first-order valence-electron chi connectivity index (χ1n) is 12.4. The van der Waals surface area contributed by atoms with E-state index in [0.29, 0.717) is 24.5 Å². The first-order valence-corrected chi connectivity index (χ1v) is 12.4. The average molecular weight is 496 g/mol.